The minimum Gasteiger partial charge on any atom is -0.400 e. The summed E-state index contributed by atoms with van der Waals surface area (Å²) >= 11 is 0. The molecule has 1 heteroatoms. The van der Waals surface area contributed by atoms with Crippen molar-refractivity contribution in [2.45, 2.75) is 26.7 Å². The first-order valence-electron chi connectivity index (χ1n) is 5.09. The van der Waals surface area contributed by atoms with E-state index in [4.69, 9.17) is 5.11 Å². The maximum absolute atomic E-state index is 7.00. The van der Waals surface area contributed by atoms with Crippen molar-refractivity contribution in [1.29, 1.82) is 0 Å². The van der Waals surface area contributed by atoms with E-state index in [0.717, 1.165) is 13.5 Å². The number of allylic oxidation sites excluding steroid dienone is 1. The number of aliphatic hydroxyl groups is 1. The summed E-state index contributed by atoms with van der Waals surface area (Å²) in [4.78, 5) is 0. The van der Waals surface area contributed by atoms with E-state index in [9.17, 15) is 0 Å². The van der Waals surface area contributed by atoms with Gasteiger partial charge in [-0.1, -0.05) is 44.7 Å². The van der Waals surface area contributed by atoms with Gasteiger partial charge in [0.15, 0.2) is 0 Å². The smallest absolute Gasteiger partial charge is 0.0319 e. The lowest BCUT2D eigenvalue weighted by atomic mass is 10.1. The van der Waals surface area contributed by atoms with Gasteiger partial charge in [0.1, 0.15) is 0 Å². The summed E-state index contributed by atoms with van der Waals surface area (Å²) in [5.74, 6) is 0. The molecule has 0 fully saturated rings. The second-order valence-corrected chi connectivity index (χ2v) is 2.76. The van der Waals surface area contributed by atoms with E-state index in [1.54, 1.807) is 0 Å². The average Bonchev–Trinajstić information content (AvgIpc) is 2.67. The molecule has 14 heavy (non-hydrogen) atoms. The van der Waals surface area contributed by atoms with E-state index in [0.29, 0.717) is 0 Å². The summed E-state index contributed by atoms with van der Waals surface area (Å²) < 4.78 is 0. The molecule has 0 atom stereocenters. The second-order valence-electron chi connectivity index (χ2n) is 2.76. The molecule has 0 aromatic heterocycles. The van der Waals surface area contributed by atoms with Crippen LogP contribution in [-0.4, -0.2) is 12.2 Å². The quantitative estimate of drug-likeness (QED) is 0.669. The van der Waals surface area contributed by atoms with Crippen molar-refractivity contribution in [3.63, 3.8) is 0 Å². The zero-order valence-corrected chi connectivity index (χ0v) is 9.38. The molecule has 0 spiro atoms. The van der Waals surface area contributed by atoms with E-state index in [2.05, 4.69) is 30.8 Å². The molecule has 0 bridgehead atoms. The first-order chi connectivity index (χ1) is 6.88. The number of hydrogen-bond donors (Lipinski definition) is 1. The van der Waals surface area contributed by atoms with Crippen LogP contribution in [0, 0.1) is 0 Å². The van der Waals surface area contributed by atoms with Gasteiger partial charge in [0, 0.05) is 7.11 Å². The Morgan fingerprint density at radius 3 is 2.21 bits per heavy atom. The molecule has 1 nitrogen and oxygen atoms in total. The molecular weight excluding hydrogens is 172 g/mol. The number of benzene rings is 1. The number of fused-ring (bicyclic) bond motifs is 1. The fourth-order valence-electron chi connectivity index (χ4n) is 1.50. The lowest BCUT2D eigenvalue weighted by Gasteiger charge is -1.95. The van der Waals surface area contributed by atoms with Gasteiger partial charge < -0.3 is 5.11 Å². The standard InChI is InChI=1S/C10H10.C2H6.CH4O/c1-8-6-7-9-4-2-3-5-10(8)9;2*1-2/h2-5H,1,6-7H2;1-2H3;2H,1H3. The second kappa shape index (κ2) is 7.34. The van der Waals surface area contributed by atoms with E-state index >= 15 is 0 Å². The highest BCUT2D eigenvalue weighted by Gasteiger charge is 2.11. The van der Waals surface area contributed by atoms with Crippen molar-refractivity contribution in [1.82, 2.24) is 0 Å². The van der Waals surface area contributed by atoms with Crippen molar-refractivity contribution in [2.75, 3.05) is 7.11 Å². The number of aliphatic hydroxyl groups excluding tert-OH is 1. The molecule has 0 heterocycles. The van der Waals surface area contributed by atoms with E-state index in [-0.39, 0.29) is 0 Å². The predicted octanol–water partition coefficient (Wildman–Crippen LogP) is 3.28. The Kier molecular flexibility index (Phi) is 6.77. The van der Waals surface area contributed by atoms with E-state index in [1.807, 2.05) is 13.8 Å². The fraction of sp³-hybridized carbons (Fsp3) is 0.385. The SMILES string of the molecule is C=C1CCc2ccccc21.CC.CO. The number of hydrogen-bond acceptors (Lipinski definition) is 1. The molecule has 0 saturated heterocycles. The highest BCUT2D eigenvalue weighted by molar-refractivity contribution is 5.70. The molecule has 0 aliphatic heterocycles. The Hall–Kier alpha value is -1.08. The summed E-state index contributed by atoms with van der Waals surface area (Å²) in [7, 11) is 1.00. The van der Waals surface area contributed by atoms with Crippen LogP contribution in [0.15, 0.2) is 30.8 Å². The minimum absolute atomic E-state index is 1.00. The molecular formula is C13H20O. The molecule has 0 radical (unpaired) electrons. The normalized spacial score (nSPS) is 11.9. The van der Waals surface area contributed by atoms with Crippen LogP contribution in [0.3, 0.4) is 0 Å². The molecule has 1 aromatic rings. The Morgan fingerprint density at radius 1 is 1.07 bits per heavy atom. The Bertz CT molecular complexity index is 276. The molecule has 2 rings (SSSR count). The van der Waals surface area contributed by atoms with E-state index < -0.39 is 0 Å². The molecule has 1 aliphatic rings. The Labute approximate surface area is 87.1 Å². The Morgan fingerprint density at radius 2 is 1.64 bits per heavy atom. The van der Waals surface area contributed by atoms with Crippen LogP contribution in [0.4, 0.5) is 0 Å². The molecule has 1 aromatic carbocycles. The van der Waals surface area contributed by atoms with Gasteiger partial charge in [0.2, 0.25) is 0 Å². The van der Waals surface area contributed by atoms with Crippen molar-refractivity contribution in [3.05, 3.63) is 42.0 Å². The van der Waals surface area contributed by atoms with Crippen LogP contribution < -0.4 is 0 Å². The van der Waals surface area contributed by atoms with Gasteiger partial charge >= 0.3 is 0 Å². The monoisotopic (exact) mass is 192 g/mol. The summed E-state index contributed by atoms with van der Waals surface area (Å²) in [5.41, 5.74) is 4.14. The van der Waals surface area contributed by atoms with Crippen molar-refractivity contribution >= 4 is 5.57 Å². The lowest BCUT2D eigenvalue weighted by Crippen LogP contribution is -1.76. The van der Waals surface area contributed by atoms with Gasteiger partial charge in [-0.3, -0.25) is 0 Å². The van der Waals surface area contributed by atoms with Crippen LogP contribution in [0.1, 0.15) is 31.4 Å². The lowest BCUT2D eigenvalue weighted by molar-refractivity contribution is 0.399. The van der Waals surface area contributed by atoms with Crippen LogP contribution in [0.2, 0.25) is 0 Å². The third kappa shape index (κ3) is 3.00. The van der Waals surface area contributed by atoms with Crippen LogP contribution in [0.5, 0.6) is 0 Å². The first kappa shape index (κ1) is 12.9. The summed E-state index contributed by atoms with van der Waals surface area (Å²) in [6.45, 7) is 8.00. The third-order valence-corrected chi connectivity index (χ3v) is 2.09. The molecule has 1 N–H and O–H groups in total. The predicted molar refractivity (Wildman–Crippen MR) is 63.3 cm³/mol. The topological polar surface area (TPSA) is 20.2 Å². The maximum atomic E-state index is 7.00. The van der Waals surface area contributed by atoms with Gasteiger partial charge in [0.05, 0.1) is 0 Å². The molecule has 0 amide bonds. The zero-order chi connectivity index (χ0) is 11.0. The van der Waals surface area contributed by atoms with Gasteiger partial charge in [-0.25, -0.2) is 0 Å². The summed E-state index contributed by atoms with van der Waals surface area (Å²) in [6.07, 6.45) is 2.34. The summed E-state index contributed by atoms with van der Waals surface area (Å²) in [5, 5.41) is 7.00. The van der Waals surface area contributed by atoms with E-state index in [1.165, 1.54) is 23.1 Å². The van der Waals surface area contributed by atoms with Crippen LogP contribution in [-0.2, 0) is 6.42 Å². The average molecular weight is 192 g/mol. The molecule has 1 aliphatic carbocycles. The van der Waals surface area contributed by atoms with Gasteiger partial charge in [0.25, 0.3) is 0 Å². The largest absolute Gasteiger partial charge is 0.400 e. The van der Waals surface area contributed by atoms with Crippen molar-refractivity contribution in [2.24, 2.45) is 0 Å². The van der Waals surface area contributed by atoms with Crippen LogP contribution >= 0.6 is 0 Å². The summed E-state index contributed by atoms with van der Waals surface area (Å²) in [6, 6.07) is 8.52. The fourth-order valence-corrected chi connectivity index (χ4v) is 1.50. The highest BCUT2D eigenvalue weighted by atomic mass is 16.2. The highest BCUT2D eigenvalue weighted by Crippen LogP contribution is 2.29. The van der Waals surface area contributed by atoms with Gasteiger partial charge in [-0.2, -0.15) is 0 Å². The molecule has 0 saturated carbocycles. The maximum Gasteiger partial charge on any atom is 0.0319 e. The Balaban J connectivity index is 0.000000379. The number of aryl methyl sites for hydroxylation is 1. The molecule has 78 valence electrons. The first-order valence-corrected chi connectivity index (χ1v) is 5.09. The number of rotatable bonds is 0. The van der Waals surface area contributed by atoms with Crippen LogP contribution in [0.25, 0.3) is 5.57 Å². The third-order valence-electron chi connectivity index (χ3n) is 2.09. The molecule has 0 unspecified atom stereocenters. The van der Waals surface area contributed by atoms with Gasteiger partial charge in [-0.15, -0.1) is 0 Å². The van der Waals surface area contributed by atoms with Gasteiger partial charge in [-0.05, 0) is 29.5 Å². The van der Waals surface area contributed by atoms with Crippen molar-refractivity contribution in [3.8, 4) is 0 Å². The zero-order valence-electron chi connectivity index (χ0n) is 9.38. The van der Waals surface area contributed by atoms with Crippen molar-refractivity contribution < 1.29 is 5.11 Å². The minimum atomic E-state index is 1.00.